The van der Waals surface area contributed by atoms with Crippen molar-refractivity contribution in [1.29, 1.82) is 0 Å². The Morgan fingerprint density at radius 2 is 1.65 bits per heavy atom. The summed E-state index contributed by atoms with van der Waals surface area (Å²) < 4.78 is 28.6. The summed E-state index contributed by atoms with van der Waals surface area (Å²) in [6, 6.07) is 9.40. The summed E-state index contributed by atoms with van der Waals surface area (Å²) >= 11 is 12.6. The molecule has 0 aliphatic heterocycles. The molecule has 2 aromatic carbocycles. The molecule has 1 N–H and O–H groups in total. The molecular weight excluding hydrogens is 499 g/mol. The molecule has 8 nitrogen and oxygen atoms in total. The zero-order valence-electron chi connectivity index (χ0n) is 20.1. The second-order valence-electron chi connectivity index (χ2n) is 8.10. The van der Waals surface area contributed by atoms with Gasteiger partial charge in [0, 0.05) is 43.3 Å². The first-order valence-electron chi connectivity index (χ1n) is 10.5. The van der Waals surface area contributed by atoms with Gasteiger partial charge in [-0.2, -0.15) is 12.7 Å². The van der Waals surface area contributed by atoms with Gasteiger partial charge in [0.25, 0.3) is 0 Å². The predicted octanol–water partition coefficient (Wildman–Crippen LogP) is 3.39. The van der Waals surface area contributed by atoms with Crippen LogP contribution in [0.25, 0.3) is 0 Å². The number of hydrogen-bond donors (Lipinski definition) is 1. The van der Waals surface area contributed by atoms with Gasteiger partial charge in [0.2, 0.25) is 11.8 Å². The van der Waals surface area contributed by atoms with Crippen LogP contribution in [0.5, 0.6) is 0 Å². The van der Waals surface area contributed by atoms with E-state index in [1.165, 1.54) is 26.0 Å². The maximum atomic E-state index is 13.6. The molecule has 2 rings (SSSR count). The van der Waals surface area contributed by atoms with Gasteiger partial charge in [-0.25, -0.2) is 4.31 Å². The molecular formula is C23H30Cl2N4O4S. The molecule has 0 saturated heterocycles. The monoisotopic (exact) mass is 528 g/mol. The van der Waals surface area contributed by atoms with Crippen molar-refractivity contribution < 1.29 is 18.0 Å². The predicted molar refractivity (Wildman–Crippen MR) is 136 cm³/mol. The number of carbonyl (C=O) groups is 2. The lowest BCUT2D eigenvalue weighted by Crippen LogP contribution is -2.52. The number of aryl methyl sites for hydroxylation is 2. The average Bonchev–Trinajstić information content (AvgIpc) is 2.77. The summed E-state index contributed by atoms with van der Waals surface area (Å²) in [6.07, 6.45) is 0. The fourth-order valence-electron chi connectivity index (χ4n) is 3.34. The van der Waals surface area contributed by atoms with Gasteiger partial charge in [-0.15, -0.1) is 0 Å². The third kappa shape index (κ3) is 6.21. The first-order valence-corrected chi connectivity index (χ1v) is 12.7. The van der Waals surface area contributed by atoms with Crippen molar-refractivity contribution >= 4 is 50.9 Å². The average molecular weight is 529 g/mol. The molecule has 0 aliphatic rings. The molecule has 0 aliphatic carbocycles. The zero-order chi connectivity index (χ0) is 25.8. The molecule has 0 fully saturated rings. The summed E-state index contributed by atoms with van der Waals surface area (Å²) in [5, 5.41) is 3.20. The van der Waals surface area contributed by atoms with Crippen molar-refractivity contribution in [1.82, 2.24) is 14.5 Å². The summed E-state index contributed by atoms with van der Waals surface area (Å²) in [6.45, 7) is 4.57. The van der Waals surface area contributed by atoms with Gasteiger partial charge in [0.15, 0.2) is 0 Å². The normalized spacial score (nSPS) is 12.4. The first kappa shape index (κ1) is 27.9. The molecule has 186 valence electrons. The molecule has 0 bridgehead atoms. The molecule has 0 heterocycles. The number of benzene rings is 2. The topological polar surface area (TPSA) is 90.0 Å². The van der Waals surface area contributed by atoms with Crippen LogP contribution in [0.15, 0.2) is 36.4 Å². The maximum Gasteiger partial charge on any atom is 0.304 e. The molecule has 1 unspecified atom stereocenters. The highest BCUT2D eigenvalue weighted by molar-refractivity contribution is 7.90. The molecule has 2 amide bonds. The van der Waals surface area contributed by atoms with Gasteiger partial charge in [0.1, 0.15) is 12.6 Å². The fraction of sp³-hybridized carbons (Fsp3) is 0.391. The van der Waals surface area contributed by atoms with Crippen LogP contribution in [-0.4, -0.2) is 63.2 Å². The van der Waals surface area contributed by atoms with E-state index >= 15 is 0 Å². The molecule has 2 aromatic rings. The first-order chi connectivity index (χ1) is 15.8. The van der Waals surface area contributed by atoms with E-state index in [1.807, 2.05) is 13.0 Å². The largest absolute Gasteiger partial charge is 0.357 e. The number of carbonyl (C=O) groups excluding carboxylic acids is 2. The molecule has 11 heteroatoms. The van der Waals surface area contributed by atoms with Gasteiger partial charge >= 0.3 is 10.2 Å². The quantitative estimate of drug-likeness (QED) is 0.540. The van der Waals surface area contributed by atoms with E-state index in [4.69, 9.17) is 23.2 Å². The van der Waals surface area contributed by atoms with Crippen molar-refractivity contribution in [3.63, 3.8) is 0 Å². The Bertz CT molecular complexity index is 1150. The van der Waals surface area contributed by atoms with E-state index in [0.717, 1.165) is 14.2 Å². The summed E-state index contributed by atoms with van der Waals surface area (Å²) in [7, 11) is 0.218. The van der Waals surface area contributed by atoms with Crippen LogP contribution in [0, 0.1) is 13.8 Å². The van der Waals surface area contributed by atoms with E-state index in [2.05, 4.69) is 5.32 Å². The van der Waals surface area contributed by atoms with Gasteiger partial charge in [-0.05, 0) is 50.1 Å². The molecule has 34 heavy (non-hydrogen) atoms. The van der Waals surface area contributed by atoms with Crippen molar-refractivity contribution in [3.8, 4) is 0 Å². The Kier molecular flexibility index (Phi) is 9.36. The highest BCUT2D eigenvalue weighted by Crippen LogP contribution is 2.28. The zero-order valence-corrected chi connectivity index (χ0v) is 22.4. The smallest absolute Gasteiger partial charge is 0.304 e. The minimum absolute atomic E-state index is 0.0748. The minimum atomic E-state index is -4.03. The van der Waals surface area contributed by atoms with Crippen LogP contribution in [-0.2, 0) is 26.3 Å². The standard InChI is InChI=1S/C23H30Cl2N4O4S/c1-15-10-11-16(2)21(12-15)29(34(32,33)27(5)6)14-22(30)28(17(3)23(31)26-4)13-18-19(24)8-7-9-20(18)25/h7-12,17H,13-14H2,1-6H3,(H,26,31). The third-order valence-electron chi connectivity index (χ3n) is 5.46. The van der Waals surface area contributed by atoms with Crippen LogP contribution >= 0.6 is 23.2 Å². The number of rotatable bonds is 9. The van der Waals surface area contributed by atoms with Crippen molar-refractivity contribution in [2.75, 3.05) is 32.0 Å². The van der Waals surface area contributed by atoms with E-state index in [0.29, 0.717) is 26.9 Å². The third-order valence-corrected chi connectivity index (χ3v) is 7.97. The Labute approximate surface area is 211 Å². The Hall–Kier alpha value is -2.33. The van der Waals surface area contributed by atoms with E-state index in [1.54, 1.807) is 44.2 Å². The van der Waals surface area contributed by atoms with Crippen LogP contribution in [0.2, 0.25) is 10.0 Å². The number of nitrogens with zero attached hydrogens (tertiary/aromatic N) is 3. The lowest BCUT2D eigenvalue weighted by molar-refractivity contribution is -0.139. The Morgan fingerprint density at radius 3 is 2.18 bits per heavy atom. The second kappa shape index (κ2) is 11.4. The highest BCUT2D eigenvalue weighted by Gasteiger charge is 2.33. The number of hydrogen-bond acceptors (Lipinski definition) is 4. The van der Waals surface area contributed by atoms with Crippen molar-refractivity contribution in [2.24, 2.45) is 0 Å². The highest BCUT2D eigenvalue weighted by atomic mass is 35.5. The number of amides is 2. The van der Waals surface area contributed by atoms with Gasteiger partial charge in [0.05, 0.1) is 5.69 Å². The molecule has 0 aromatic heterocycles. The Morgan fingerprint density at radius 1 is 1.06 bits per heavy atom. The maximum absolute atomic E-state index is 13.6. The summed E-state index contributed by atoms with van der Waals surface area (Å²) in [5.41, 5.74) is 2.36. The lowest BCUT2D eigenvalue weighted by Gasteiger charge is -2.33. The molecule has 1 atom stereocenters. The van der Waals surface area contributed by atoms with E-state index in [-0.39, 0.29) is 6.54 Å². The van der Waals surface area contributed by atoms with Crippen LogP contribution in [0.1, 0.15) is 23.6 Å². The van der Waals surface area contributed by atoms with Gasteiger partial charge < -0.3 is 10.2 Å². The number of likely N-dealkylation sites (N-methyl/N-ethyl adjacent to an activating group) is 1. The van der Waals surface area contributed by atoms with Crippen LogP contribution < -0.4 is 9.62 Å². The van der Waals surface area contributed by atoms with E-state index < -0.39 is 34.6 Å². The summed E-state index contributed by atoms with van der Waals surface area (Å²) in [5.74, 6) is -0.997. The fourth-order valence-corrected chi connectivity index (χ4v) is 4.97. The van der Waals surface area contributed by atoms with Crippen LogP contribution in [0.3, 0.4) is 0 Å². The number of nitrogens with one attached hydrogen (secondary N) is 1. The SMILES string of the molecule is CNC(=O)C(C)N(Cc1c(Cl)cccc1Cl)C(=O)CN(c1cc(C)ccc1C)S(=O)(=O)N(C)C. The van der Waals surface area contributed by atoms with E-state index in [9.17, 15) is 18.0 Å². The molecule has 0 spiro atoms. The minimum Gasteiger partial charge on any atom is -0.357 e. The van der Waals surface area contributed by atoms with Gasteiger partial charge in [-0.3, -0.25) is 9.59 Å². The second-order valence-corrected chi connectivity index (χ2v) is 11.0. The van der Waals surface area contributed by atoms with Crippen molar-refractivity contribution in [2.45, 2.75) is 33.4 Å². The lowest BCUT2D eigenvalue weighted by atomic mass is 10.1. The number of anilines is 1. The summed E-state index contributed by atoms with van der Waals surface area (Å²) in [4.78, 5) is 27.4. The molecule has 0 saturated carbocycles. The molecule has 0 radical (unpaired) electrons. The Balaban J connectivity index is 2.56. The number of halogens is 2. The van der Waals surface area contributed by atoms with Gasteiger partial charge in [-0.1, -0.05) is 41.4 Å². The van der Waals surface area contributed by atoms with Crippen LogP contribution in [0.4, 0.5) is 5.69 Å². The van der Waals surface area contributed by atoms with Crippen molar-refractivity contribution in [3.05, 3.63) is 63.1 Å².